The van der Waals surface area contributed by atoms with Gasteiger partial charge in [0.05, 0.1) is 6.42 Å². The number of carbonyl (C=O) groups excluding carboxylic acids is 2. The highest BCUT2D eigenvalue weighted by atomic mass is 16.1. The van der Waals surface area contributed by atoms with Crippen molar-refractivity contribution >= 4 is 11.6 Å². The third-order valence-electron chi connectivity index (χ3n) is 2.96. The van der Waals surface area contributed by atoms with Crippen molar-refractivity contribution in [3.8, 4) is 0 Å². The van der Waals surface area contributed by atoms with Crippen molar-refractivity contribution in [3.63, 3.8) is 0 Å². The smallest absolute Gasteiger partial charge is 0.207 e. The van der Waals surface area contributed by atoms with Crippen LogP contribution in [0.1, 0.15) is 42.7 Å². The van der Waals surface area contributed by atoms with Gasteiger partial charge in [-0.05, 0) is 18.9 Å². The van der Waals surface area contributed by atoms with Gasteiger partial charge in [0.1, 0.15) is 5.78 Å². The summed E-state index contributed by atoms with van der Waals surface area (Å²) in [5, 5.41) is 0. The Morgan fingerprint density at radius 1 is 1.19 bits per heavy atom. The highest BCUT2D eigenvalue weighted by Crippen LogP contribution is 2.26. The molecule has 0 aromatic carbocycles. The lowest BCUT2D eigenvalue weighted by Crippen LogP contribution is -2.17. The molecule has 0 radical (unpaired) electrons. The Morgan fingerprint density at radius 3 is 2.44 bits per heavy atom. The lowest BCUT2D eigenvalue weighted by atomic mass is 9.98. The van der Waals surface area contributed by atoms with Crippen LogP contribution in [-0.4, -0.2) is 21.5 Å². The fraction of sp³-hybridized carbons (Fsp3) is 0.500. The molecule has 1 aliphatic rings. The van der Waals surface area contributed by atoms with Crippen LogP contribution in [0.4, 0.5) is 0 Å². The van der Waals surface area contributed by atoms with Gasteiger partial charge in [0.15, 0.2) is 5.82 Å². The van der Waals surface area contributed by atoms with Gasteiger partial charge in [-0.15, -0.1) is 0 Å². The Hall–Kier alpha value is -1.58. The summed E-state index contributed by atoms with van der Waals surface area (Å²) in [6.45, 7) is 0. The molecule has 0 aliphatic heterocycles. The van der Waals surface area contributed by atoms with E-state index in [-0.39, 0.29) is 29.7 Å². The molecule has 2 rings (SSSR count). The lowest BCUT2D eigenvalue weighted by Gasteiger charge is -2.05. The molecule has 1 saturated carbocycles. The fourth-order valence-electron chi connectivity index (χ4n) is 2.07. The minimum absolute atomic E-state index is 0.0469. The molecule has 4 nitrogen and oxygen atoms in total. The van der Waals surface area contributed by atoms with Gasteiger partial charge >= 0.3 is 0 Å². The second-order valence-electron chi connectivity index (χ2n) is 4.12. The van der Waals surface area contributed by atoms with Crippen molar-refractivity contribution in [2.45, 2.75) is 32.1 Å². The van der Waals surface area contributed by atoms with Crippen LogP contribution in [0.25, 0.3) is 0 Å². The maximum absolute atomic E-state index is 11.8. The molecule has 1 fully saturated rings. The minimum atomic E-state index is -0.266. The average Bonchev–Trinajstić information content (AvgIpc) is 2.83. The van der Waals surface area contributed by atoms with Crippen molar-refractivity contribution < 1.29 is 9.59 Å². The molecule has 1 aromatic heterocycles. The Kier molecular flexibility index (Phi) is 3.39. The molecule has 1 aromatic rings. The summed E-state index contributed by atoms with van der Waals surface area (Å²) in [5.74, 6) is 0.0222. The van der Waals surface area contributed by atoms with Crippen molar-refractivity contribution in [3.05, 3.63) is 24.3 Å². The number of aromatic nitrogens is 2. The van der Waals surface area contributed by atoms with Gasteiger partial charge in [0.25, 0.3) is 0 Å². The minimum Gasteiger partial charge on any atom is -0.299 e. The summed E-state index contributed by atoms with van der Waals surface area (Å²) >= 11 is 0. The first-order valence-corrected chi connectivity index (χ1v) is 5.60. The highest BCUT2D eigenvalue weighted by molar-refractivity contribution is 6.06. The largest absolute Gasteiger partial charge is 0.299 e. The van der Waals surface area contributed by atoms with Crippen LogP contribution in [0.5, 0.6) is 0 Å². The van der Waals surface area contributed by atoms with E-state index in [9.17, 15) is 9.59 Å². The molecule has 16 heavy (non-hydrogen) atoms. The molecule has 0 N–H and O–H groups in total. The maximum atomic E-state index is 11.8. The van der Waals surface area contributed by atoms with Crippen molar-refractivity contribution in [2.75, 3.05) is 0 Å². The van der Waals surface area contributed by atoms with E-state index in [2.05, 4.69) is 9.97 Å². The van der Waals surface area contributed by atoms with Gasteiger partial charge in [0, 0.05) is 18.3 Å². The van der Waals surface area contributed by atoms with E-state index in [1.165, 1.54) is 12.4 Å². The standard InChI is InChI=1S/C12H14N2O2/c15-10(9-4-1-2-5-9)8-11(16)12-13-6-3-7-14-12/h3,6-7,9H,1-2,4-5,8H2. The summed E-state index contributed by atoms with van der Waals surface area (Å²) < 4.78 is 0. The first-order chi connectivity index (χ1) is 7.77. The van der Waals surface area contributed by atoms with Gasteiger partial charge in [-0.25, -0.2) is 9.97 Å². The van der Waals surface area contributed by atoms with Crippen LogP contribution in [0.2, 0.25) is 0 Å². The van der Waals surface area contributed by atoms with E-state index < -0.39 is 0 Å². The first-order valence-electron chi connectivity index (χ1n) is 5.60. The quantitative estimate of drug-likeness (QED) is 0.571. The third kappa shape index (κ3) is 2.51. The highest BCUT2D eigenvalue weighted by Gasteiger charge is 2.25. The van der Waals surface area contributed by atoms with Crippen LogP contribution >= 0.6 is 0 Å². The fourth-order valence-corrected chi connectivity index (χ4v) is 2.07. The first kappa shape index (κ1) is 10.9. The van der Waals surface area contributed by atoms with Crippen LogP contribution in [0.15, 0.2) is 18.5 Å². The average molecular weight is 218 g/mol. The van der Waals surface area contributed by atoms with Crippen molar-refractivity contribution in [1.29, 1.82) is 0 Å². The Balaban J connectivity index is 1.94. The summed E-state index contributed by atoms with van der Waals surface area (Å²) in [7, 11) is 0. The van der Waals surface area contributed by atoms with Crippen LogP contribution in [0, 0.1) is 5.92 Å². The van der Waals surface area contributed by atoms with Crippen LogP contribution in [0.3, 0.4) is 0 Å². The van der Waals surface area contributed by atoms with Crippen LogP contribution in [-0.2, 0) is 4.79 Å². The SMILES string of the molecule is O=C(CC(=O)C1CCCC1)c1ncccn1. The number of hydrogen-bond acceptors (Lipinski definition) is 4. The number of nitrogens with zero attached hydrogens (tertiary/aromatic N) is 2. The van der Waals surface area contributed by atoms with Gasteiger partial charge in [-0.3, -0.25) is 9.59 Å². The number of carbonyl (C=O) groups is 2. The number of hydrogen-bond donors (Lipinski definition) is 0. The molecule has 1 aliphatic carbocycles. The second kappa shape index (κ2) is 4.96. The number of Topliss-reactive ketones (excluding diaryl/α,β-unsaturated/α-hetero) is 2. The summed E-state index contributed by atoms with van der Waals surface area (Å²) in [4.78, 5) is 31.1. The molecule has 0 atom stereocenters. The zero-order valence-electron chi connectivity index (χ0n) is 9.06. The molecular weight excluding hydrogens is 204 g/mol. The predicted molar refractivity (Wildman–Crippen MR) is 57.9 cm³/mol. The monoisotopic (exact) mass is 218 g/mol. The Morgan fingerprint density at radius 2 is 1.81 bits per heavy atom. The molecule has 0 unspecified atom stereocenters. The zero-order valence-corrected chi connectivity index (χ0v) is 9.06. The van der Waals surface area contributed by atoms with Gasteiger partial charge < -0.3 is 0 Å². The predicted octanol–water partition coefficient (Wildman–Crippen LogP) is 1.81. The Bertz CT molecular complexity index is 383. The molecule has 84 valence electrons. The van der Waals surface area contributed by atoms with E-state index in [1.54, 1.807) is 6.07 Å². The van der Waals surface area contributed by atoms with E-state index in [0.717, 1.165) is 25.7 Å². The van der Waals surface area contributed by atoms with E-state index in [4.69, 9.17) is 0 Å². The van der Waals surface area contributed by atoms with Crippen molar-refractivity contribution in [1.82, 2.24) is 9.97 Å². The lowest BCUT2D eigenvalue weighted by molar-refractivity contribution is -0.121. The molecule has 0 saturated heterocycles. The molecule has 4 heteroatoms. The summed E-state index contributed by atoms with van der Waals surface area (Å²) in [6, 6.07) is 1.65. The second-order valence-corrected chi connectivity index (χ2v) is 4.12. The normalized spacial score (nSPS) is 16.2. The molecule has 0 spiro atoms. The molecule has 0 bridgehead atoms. The molecule has 0 amide bonds. The Labute approximate surface area is 94.1 Å². The third-order valence-corrected chi connectivity index (χ3v) is 2.96. The van der Waals surface area contributed by atoms with Crippen molar-refractivity contribution in [2.24, 2.45) is 5.92 Å². The molecular formula is C12H14N2O2. The summed E-state index contributed by atoms with van der Waals surface area (Å²) in [6.07, 6.45) is 7.05. The topological polar surface area (TPSA) is 59.9 Å². The number of rotatable bonds is 4. The van der Waals surface area contributed by atoms with E-state index in [0.29, 0.717) is 0 Å². The van der Waals surface area contributed by atoms with Gasteiger partial charge in [0.2, 0.25) is 5.78 Å². The van der Waals surface area contributed by atoms with Crippen LogP contribution < -0.4 is 0 Å². The zero-order chi connectivity index (χ0) is 11.4. The van der Waals surface area contributed by atoms with E-state index >= 15 is 0 Å². The molecule has 1 heterocycles. The van der Waals surface area contributed by atoms with Gasteiger partial charge in [-0.1, -0.05) is 12.8 Å². The van der Waals surface area contributed by atoms with Gasteiger partial charge in [-0.2, -0.15) is 0 Å². The summed E-state index contributed by atoms with van der Waals surface area (Å²) in [5.41, 5.74) is 0. The number of ketones is 2. The van der Waals surface area contributed by atoms with E-state index in [1.807, 2.05) is 0 Å². The maximum Gasteiger partial charge on any atom is 0.207 e.